The molecular formula is C25H40O3. The van der Waals surface area contributed by atoms with E-state index >= 15 is 0 Å². The molecule has 4 fully saturated rings. The Morgan fingerprint density at radius 3 is 2.75 bits per heavy atom. The van der Waals surface area contributed by atoms with Gasteiger partial charge in [0.05, 0.1) is 6.10 Å². The lowest BCUT2D eigenvalue weighted by molar-refractivity contribution is -0.195. The molecule has 28 heavy (non-hydrogen) atoms. The molecule has 3 nitrogen and oxygen atoms in total. The summed E-state index contributed by atoms with van der Waals surface area (Å²) in [4.78, 5) is 0. The molecule has 0 amide bonds. The van der Waals surface area contributed by atoms with Crippen LogP contribution in [0.3, 0.4) is 0 Å². The van der Waals surface area contributed by atoms with E-state index in [1.807, 2.05) is 0 Å². The highest BCUT2D eigenvalue weighted by atomic mass is 16.7. The van der Waals surface area contributed by atoms with E-state index in [9.17, 15) is 5.11 Å². The Labute approximate surface area is 171 Å². The first-order valence-electron chi connectivity index (χ1n) is 12.1. The van der Waals surface area contributed by atoms with Crippen molar-refractivity contribution in [2.24, 2.45) is 34.5 Å². The second-order valence-corrected chi connectivity index (χ2v) is 11.1. The van der Waals surface area contributed by atoms with Gasteiger partial charge in [0.1, 0.15) is 0 Å². The highest BCUT2D eigenvalue weighted by Gasteiger charge is 2.58. The molecule has 8 atom stereocenters. The zero-order valence-corrected chi connectivity index (χ0v) is 18.0. The first-order valence-corrected chi connectivity index (χ1v) is 12.1. The van der Waals surface area contributed by atoms with Crippen molar-refractivity contribution < 1.29 is 14.6 Å². The molecular weight excluding hydrogens is 348 g/mol. The van der Waals surface area contributed by atoms with Gasteiger partial charge in [-0.15, -0.1) is 0 Å². The topological polar surface area (TPSA) is 38.7 Å². The first-order chi connectivity index (χ1) is 13.5. The second-order valence-electron chi connectivity index (χ2n) is 11.1. The molecule has 1 aliphatic heterocycles. The standard InChI is InChI=1S/C25H40O3/c1-24-12-10-19(28-23-5-3-4-14-27-23)15-17(24)6-8-20-21-9-7-18(16-26)25(21,2)13-11-22(20)24/h6,18-23,26H,3-5,7-16H2,1-2H3/t18-,19-,20+,21+,22+,23-,24-,25+/m0/s1. The van der Waals surface area contributed by atoms with Gasteiger partial charge in [0.15, 0.2) is 6.29 Å². The van der Waals surface area contributed by atoms with E-state index in [4.69, 9.17) is 9.47 Å². The zero-order chi connectivity index (χ0) is 19.4. The number of hydrogen-bond donors (Lipinski definition) is 1. The Morgan fingerprint density at radius 1 is 1.07 bits per heavy atom. The van der Waals surface area contributed by atoms with Gasteiger partial charge in [0, 0.05) is 13.2 Å². The number of ether oxygens (including phenoxy) is 2. The summed E-state index contributed by atoms with van der Waals surface area (Å²) in [5, 5.41) is 9.93. The van der Waals surface area contributed by atoms with Crippen LogP contribution in [0.5, 0.6) is 0 Å². The highest BCUT2D eigenvalue weighted by Crippen LogP contribution is 2.66. The van der Waals surface area contributed by atoms with E-state index in [-0.39, 0.29) is 6.29 Å². The lowest BCUT2D eigenvalue weighted by Crippen LogP contribution is -2.51. The largest absolute Gasteiger partial charge is 0.396 e. The summed E-state index contributed by atoms with van der Waals surface area (Å²) in [7, 11) is 0. The predicted molar refractivity (Wildman–Crippen MR) is 111 cm³/mol. The molecule has 0 radical (unpaired) electrons. The van der Waals surface area contributed by atoms with E-state index in [1.165, 1.54) is 57.8 Å². The number of aliphatic hydroxyl groups excluding tert-OH is 1. The van der Waals surface area contributed by atoms with Crippen LogP contribution in [0.2, 0.25) is 0 Å². The molecule has 0 aromatic rings. The zero-order valence-electron chi connectivity index (χ0n) is 18.0. The van der Waals surface area contributed by atoms with E-state index in [1.54, 1.807) is 5.57 Å². The van der Waals surface area contributed by atoms with Gasteiger partial charge in [-0.2, -0.15) is 0 Å². The predicted octanol–water partition coefficient (Wildman–Crippen LogP) is 5.47. The Kier molecular flexibility index (Phi) is 5.17. The minimum Gasteiger partial charge on any atom is -0.396 e. The molecule has 0 spiro atoms. The molecule has 1 saturated heterocycles. The minimum atomic E-state index is 0.0457. The van der Waals surface area contributed by atoms with Gasteiger partial charge in [-0.3, -0.25) is 0 Å². The average Bonchev–Trinajstić information content (AvgIpc) is 3.05. The van der Waals surface area contributed by atoms with Gasteiger partial charge in [-0.1, -0.05) is 25.5 Å². The summed E-state index contributed by atoms with van der Waals surface area (Å²) in [6, 6.07) is 0. The Hall–Kier alpha value is -0.380. The number of aliphatic hydroxyl groups is 1. The molecule has 5 rings (SSSR count). The van der Waals surface area contributed by atoms with Crippen LogP contribution in [0.1, 0.15) is 84.5 Å². The van der Waals surface area contributed by atoms with Crippen LogP contribution in [-0.4, -0.2) is 30.7 Å². The quantitative estimate of drug-likeness (QED) is 0.652. The van der Waals surface area contributed by atoms with E-state index in [0.29, 0.717) is 29.5 Å². The third-order valence-electron chi connectivity index (χ3n) is 9.96. The Balaban J connectivity index is 1.31. The van der Waals surface area contributed by atoms with Crippen molar-refractivity contribution in [1.29, 1.82) is 0 Å². The van der Waals surface area contributed by atoms with Crippen molar-refractivity contribution in [3.05, 3.63) is 11.6 Å². The number of allylic oxidation sites excluding steroid dienone is 1. The fourth-order valence-electron chi connectivity index (χ4n) is 8.19. The molecule has 4 aliphatic carbocycles. The van der Waals surface area contributed by atoms with Crippen molar-refractivity contribution >= 4 is 0 Å². The van der Waals surface area contributed by atoms with Crippen LogP contribution >= 0.6 is 0 Å². The van der Waals surface area contributed by atoms with Crippen LogP contribution in [0.4, 0.5) is 0 Å². The Bertz CT molecular complexity index is 609. The summed E-state index contributed by atoms with van der Waals surface area (Å²) in [6.07, 6.45) is 16.7. The van der Waals surface area contributed by atoms with Crippen molar-refractivity contribution in [3.8, 4) is 0 Å². The lowest BCUT2D eigenvalue weighted by atomic mass is 9.47. The van der Waals surface area contributed by atoms with Crippen molar-refractivity contribution in [1.82, 2.24) is 0 Å². The van der Waals surface area contributed by atoms with Crippen molar-refractivity contribution in [2.45, 2.75) is 96.9 Å². The van der Waals surface area contributed by atoms with Crippen molar-refractivity contribution in [3.63, 3.8) is 0 Å². The molecule has 3 heteroatoms. The molecule has 0 aromatic carbocycles. The maximum atomic E-state index is 9.93. The van der Waals surface area contributed by atoms with Gasteiger partial charge in [-0.05, 0) is 105 Å². The number of fused-ring (bicyclic) bond motifs is 5. The van der Waals surface area contributed by atoms with E-state index < -0.39 is 0 Å². The third kappa shape index (κ3) is 3.03. The molecule has 1 N–H and O–H groups in total. The molecule has 0 unspecified atom stereocenters. The molecule has 158 valence electrons. The summed E-state index contributed by atoms with van der Waals surface area (Å²) in [5.74, 6) is 3.04. The van der Waals surface area contributed by atoms with Gasteiger partial charge in [-0.25, -0.2) is 0 Å². The minimum absolute atomic E-state index is 0.0457. The number of hydrogen-bond acceptors (Lipinski definition) is 3. The average molecular weight is 389 g/mol. The first kappa shape index (κ1) is 19.6. The lowest BCUT2D eigenvalue weighted by Gasteiger charge is -2.58. The van der Waals surface area contributed by atoms with Crippen LogP contribution in [0, 0.1) is 34.5 Å². The smallest absolute Gasteiger partial charge is 0.157 e. The van der Waals surface area contributed by atoms with Gasteiger partial charge < -0.3 is 14.6 Å². The monoisotopic (exact) mass is 388 g/mol. The maximum Gasteiger partial charge on any atom is 0.157 e. The molecule has 0 aromatic heterocycles. The van der Waals surface area contributed by atoms with Gasteiger partial charge in [0.2, 0.25) is 0 Å². The van der Waals surface area contributed by atoms with Crippen LogP contribution in [0.25, 0.3) is 0 Å². The third-order valence-corrected chi connectivity index (χ3v) is 9.96. The van der Waals surface area contributed by atoms with E-state index in [2.05, 4.69) is 19.9 Å². The second kappa shape index (κ2) is 7.39. The SMILES string of the molecule is C[C@]12CC[C@@H]3[C@H](CC=C4C[C@@H](O[C@H]5CCCCO5)CC[C@@]43C)[C@H]1CC[C@H]2CO. The van der Waals surface area contributed by atoms with Gasteiger partial charge >= 0.3 is 0 Å². The molecule has 3 saturated carbocycles. The van der Waals surface area contributed by atoms with Crippen LogP contribution in [0.15, 0.2) is 11.6 Å². The van der Waals surface area contributed by atoms with Gasteiger partial charge in [0.25, 0.3) is 0 Å². The number of rotatable bonds is 3. The normalized spacial score (nSPS) is 51.0. The molecule has 5 aliphatic rings. The fraction of sp³-hybridized carbons (Fsp3) is 0.920. The fourth-order valence-corrected chi connectivity index (χ4v) is 8.19. The van der Waals surface area contributed by atoms with Crippen LogP contribution < -0.4 is 0 Å². The van der Waals surface area contributed by atoms with Crippen molar-refractivity contribution in [2.75, 3.05) is 13.2 Å². The summed E-state index contributed by atoms with van der Waals surface area (Å²) in [6.45, 7) is 6.34. The summed E-state index contributed by atoms with van der Waals surface area (Å²) >= 11 is 0. The highest BCUT2D eigenvalue weighted by molar-refractivity contribution is 5.25. The molecule has 0 bridgehead atoms. The molecule has 1 heterocycles. The summed E-state index contributed by atoms with van der Waals surface area (Å²) in [5.41, 5.74) is 2.46. The summed E-state index contributed by atoms with van der Waals surface area (Å²) < 4.78 is 12.2. The maximum absolute atomic E-state index is 9.93. The Morgan fingerprint density at radius 2 is 1.96 bits per heavy atom. The van der Waals surface area contributed by atoms with Crippen LogP contribution in [-0.2, 0) is 9.47 Å². The van der Waals surface area contributed by atoms with E-state index in [0.717, 1.165) is 37.2 Å².